The molecule has 0 saturated carbocycles. The molecule has 6 heteroatoms. The quantitative estimate of drug-likeness (QED) is 0.490. The number of aromatic nitrogens is 1. The molecule has 0 bridgehead atoms. The second-order valence-corrected chi connectivity index (χ2v) is 6.63. The molecular formula is C21H12ClNO4. The second-order valence-electron chi connectivity index (χ2n) is 6.23. The number of aromatic carboxylic acids is 1. The van der Waals surface area contributed by atoms with E-state index in [0.29, 0.717) is 38.7 Å². The molecule has 1 N–H and O–H groups in total. The summed E-state index contributed by atoms with van der Waals surface area (Å²) >= 11 is 6.40. The SMILES string of the molecule is O=C(O)c1cc(-c2cc3c(cc2Cl)OCO3)nc2ccc3ccccc3c12. The van der Waals surface area contributed by atoms with Crippen molar-refractivity contribution in [2.24, 2.45) is 0 Å². The van der Waals surface area contributed by atoms with E-state index in [-0.39, 0.29) is 12.4 Å². The van der Waals surface area contributed by atoms with Crippen molar-refractivity contribution >= 4 is 39.2 Å². The average molecular weight is 378 g/mol. The molecule has 0 unspecified atom stereocenters. The summed E-state index contributed by atoms with van der Waals surface area (Å²) in [7, 11) is 0. The summed E-state index contributed by atoms with van der Waals surface area (Å²) in [5.41, 5.74) is 1.84. The van der Waals surface area contributed by atoms with Gasteiger partial charge in [-0.25, -0.2) is 9.78 Å². The Labute approximate surface area is 158 Å². The Hall–Kier alpha value is -3.31. The number of ether oxygens (including phenoxy) is 2. The van der Waals surface area contributed by atoms with E-state index in [9.17, 15) is 9.90 Å². The minimum absolute atomic E-state index is 0.132. The van der Waals surface area contributed by atoms with Crippen molar-refractivity contribution in [3.05, 3.63) is 65.2 Å². The van der Waals surface area contributed by atoms with E-state index in [4.69, 9.17) is 21.1 Å². The third-order valence-electron chi connectivity index (χ3n) is 4.67. The first kappa shape index (κ1) is 15.9. The normalized spacial score (nSPS) is 12.6. The Morgan fingerprint density at radius 2 is 1.81 bits per heavy atom. The summed E-state index contributed by atoms with van der Waals surface area (Å²) < 4.78 is 10.7. The molecule has 1 aliphatic rings. The van der Waals surface area contributed by atoms with Crippen molar-refractivity contribution in [2.45, 2.75) is 0 Å². The Morgan fingerprint density at radius 3 is 2.63 bits per heavy atom. The van der Waals surface area contributed by atoms with Gasteiger partial charge in [0.2, 0.25) is 6.79 Å². The standard InChI is InChI=1S/C21H12ClNO4/c22-15-9-19-18(26-10-27-19)8-13(15)17-7-14(21(24)25)20-12-4-2-1-3-11(12)5-6-16(20)23-17/h1-9H,10H2,(H,24,25). The topological polar surface area (TPSA) is 68.7 Å². The molecule has 2 heterocycles. The van der Waals surface area contributed by atoms with Crippen LogP contribution in [0.1, 0.15) is 10.4 Å². The van der Waals surface area contributed by atoms with Crippen molar-refractivity contribution in [3.63, 3.8) is 0 Å². The highest BCUT2D eigenvalue weighted by Crippen LogP contribution is 2.41. The monoisotopic (exact) mass is 377 g/mol. The summed E-state index contributed by atoms with van der Waals surface area (Å²) in [4.78, 5) is 16.7. The minimum Gasteiger partial charge on any atom is -0.478 e. The first-order valence-electron chi connectivity index (χ1n) is 8.27. The lowest BCUT2D eigenvalue weighted by atomic mass is 9.98. The largest absolute Gasteiger partial charge is 0.478 e. The van der Waals surface area contributed by atoms with E-state index in [1.54, 1.807) is 18.2 Å². The third-order valence-corrected chi connectivity index (χ3v) is 4.98. The number of rotatable bonds is 2. The molecule has 132 valence electrons. The number of fused-ring (bicyclic) bond motifs is 4. The Balaban J connectivity index is 1.83. The maximum absolute atomic E-state index is 12.0. The van der Waals surface area contributed by atoms with Crippen molar-refractivity contribution in [1.29, 1.82) is 0 Å². The van der Waals surface area contributed by atoms with Gasteiger partial charge in [0.05, 0.1) is 21.8 Å². The van der Waals surface area contributed by atoms with Crippen LogP contribution in [0.15, 0.2) is 54.6 Å². The molecule has 0 atom stereocenters. The lowest BCUT2D eigenvalue weighted by molar-refractivity contribution is 0.0699. The third kappa shape index (κ3) is 2.47. The molecule has 0 saturated heterocycles. The van der Waals surface area contributed by atoms with Crippen LogP contribution in [-0.2, 0) is 0 Å². The molecule has 0 radical (unpaired) electrons. The number of hydrogen-bond donors (Lipinski definition) is 1. The van der Waals surface area contributed by atoms with E-state index < -0.39 is 5.97 Å². The van der Waals surface area contributed by atoms with Crippen molar-refractivity contribution in [1.82, 2.24) is 4.98 Å². The highest BCUT2D eigenvalue weighted by atomic mass is 35.5. The molecule has 0 amide bonds. The number of carboxylic acid groups (broad SMARTS) is 1. The Bertz CT molecular complexity index is 1250. The number of carbonyl (C=O) groups is 1. The van der Waals surface area contributed by atoms with E-state index in [2.05, 4.69) is 4.98 Å². The number of halogens is 1. The zero-order chi connectivity index (χ0) is 18.5. The predicted molar refractivity (Wildman–Crippen MR) is 103 cm³/mol. The fourth-order valence-corrected chi connectivity index (χ4v) is 3.68. The smallest absolute Gasteiger partial charge is 0.336 e. The molecular weight excluding hydrogens is 366 g/mol. The summed E-state index contributed by atoms with van der Waals surface area (Å²) in [6.07, 6.45) is 0. The van der Waals surface area contributed by atoms with Crippen LogP contribution in [0.3, 0.4) is 0 Å². The van der Waals surface area contributed by atoms with Gasteiger partial charge < -0.3 is 14.6 Å². The van der Waals surface area contributed by atoms with Crippen molar-refractivity contribution in [3.8, 4) is 22.8 Å². The number of carboxylic acids is 1. The van der Waals surface area contributed by atoms with Gasteiger partial charge in [0.25, 0.3) is 0 Å². The molecule has 0 aliphatic carbocycles. The maximum atomic E-state index is 12.0. The average Bonchev–Trinajstić information content (AvgIpc) is 3.13. The zero-order valence-electron chi connectivity index (χ0n) is 13.9. The second kappa shape index (κ2) is 5.86. The van der Waals surface area contributed by atoms with Crippen molar-refractivity contribution in [2.75, 3.05) is 6.79 Å². The van der Waals surface area contributed by atoms with Crippen LogP contribution in [0.2, 0.25) is 5.02 Å². The lowest BCUT2D eigenvalue weighted by Gasteiger charge is -2.11. The summed E-state index contributed by atoms with van der Waals surface area (Å²) in [6, 6.07) is 16.4. The van der Waals surface area contributed by atoms with E-state index in [1.165, 1.54) is 0 Å². The molecule has 3 aromatic carbocycles. The van der Waals surface area contributed by atoms with Crippen LogP contribution in [0.5, 0.6) is 11.5 Å². The predicted octanol–water partition coefficient (Wildman–Crippen LogP) is 5.14. The van der Waals surface area contributed by atoms with Crippen LogP contribution in [0.25, 0.3) is 32.9 Å². The van der Waals surface area contributed by atoms with Crippen LogP contribution < -0.4 is 9.47 Å². The minimum atomic E-state index is -1.02. The van der Waals surface area contributed by atoms with Crippen LogP contribution >= 0.6 is 11.6 Å². The summed E-state index contributed by atoms with van der Waals surface area (Å²) in [5, 5.41) is 12.7. The molecule has 0 fully saturated rings. The van der Waals surface area contributed by atoms with Gasteiger partial charge in [0.15, 0.2) is 11.5 Å². The van der Waals surface area contributed by atoms with E-state index in [1.807, 2.05) is 36.4 Å². The van der Waals surface area contributed by atoms with E-state index in [0.717, 1.165) is 10.8 Å². The van der Waals surface area contributed by atoms with E-state index >= 15 is 0 Å². The van der Waals surface area contributed by atoms with Gasteiger partial charge in [0, 0.05) is 17.0 Å². The number of hydrogen-bond acceptors (Lipinski definition) is 4. The van der Waals surface area contributed by atoms with Gasteiger partial charge in [-0.15, -0.1) is 0 Å². The van der Waals surface area contributed by atoms with Gasteiger partial charge >= 0.3 is 5.97 Å². The molecule has 5 rings (SSSR count). The molecule has 1 aromatic heterocycles. The van der Waals surface area contributed by atoms with Gasteiger partial charge in [-0.05, 0) is 29.0 Å². The van der Waals surface area contributed by atoms with Crippen LogP contribution in [0.4, 0.5) is 0 Å². The summed E-state index contributed by atoms with van der Waals surface area (Å²) in [6.45, 7) is 0.132. The number of nitrogens with zero attached hydrogens (tertiary/aromatic N) is 1. The summed E-state index contributed by atoms with van der Waals surface area (Å²) in [5.74, 6) is 0.109. The molecule has 0 spiro atoms. The van der Waals surface area contributed by atoms with Gasteiger partial charge in [-0.1, -0.05) is 41.9 Å². The fraction of sp³-hybridized carbons (Fsp3) is 0.0476. The highest BCUT2D eigenvalue weighted by Gasteiger charge is 2.21. The van der Waals surface area contributed by atoms with Gasteiger partial charge in [0.1, 0.15) is 0 Å². The molecule has 5 nitrogen and oxygen atoms in total. The maximum Gasteiger partial charge on any atom is 0.336 e. The first-order chi connectivity index (χ1) is 13.1. The Morgan fingerprint density at radius 1 is 1.04 bits per heavy atom. The molecule has 4 aromatic rings. The highest BCUT2D eigenvalue weighted by molar-refractivity contribution is 6.33. The zero-order valence-corrected chi connectivity index (χ0v) is 14.7. The fourth-order valence-electron chi connectivity index (χ4n) is 3.43. The van der Waals surface area contributed by atoms with Gasteiger partial charge in [-0.2, -0.15) is 0 Å². The Kier molecular flexibility index (Phi) is 3.45. The van der Waals surface area contributed by atoms with Crippen LogP contribution in [-0.4, -0.2) is 22.9 Å². The number of benzene rings is 3. The molecule has 27 heavy (non-hydrogen) atoms. The van der Waals surface area contributed by atoms with Crippen LogP contribution in [0, 0.1) is 0 Å². The molecule has 1 aliphatic heterocycles. The first-order valence-corrected chi connectivity index (χ1v) is 8.65. The number of pyridine rings is 1. The van der Waals surface area contributed by atoms with Gasteiger partial charge in [-0.3, -0.25) is 0 Å². The van der Waals surface area contributed by atoms with Crippen molar-refractivity contribution < 1.29 is 19.4 Å². The lowest BCUT2D eigenvalue weighted by Crippen LogP contribution is -2.01.